The number of hydrogen-bond donors (Lipinski definition) is 0. The highest BCUT2D eigenvalue weighted by atomic mass is 16.1. The molecule has 0 fully saturated rings. The second kappa shape index (κ2) is 5.93. The summed E-state index contributed by atoms with van der Waals surface area (Å²) in [5.41, 5.74) is 5.50. The van der Waals surface area contributed by atoms with Gasteiger partial charge < -0.3 is 0 Å². The molecular weight excluding hydrogens is 258 g/mol. The van der Waals surface area contributed by atoms with E-state index in [1.807, 2.05) is 64.1 Å². The molecule has 0 bridgehead atoms. The largest absolute Gasteiger partial charge is 0.292 e. The molecule has 0 saturated carbocycles. The Kier molecular flexibility index (Phi) is 4.23. The van der Waals surface area contributed by atoms with Gasteiger partial charge in [-0.1, -0.05) is 47.5 Å². The highest BCUT2D eigenvalue weighted by Crippen LogP contribution is 2.26. The van der Waals surface area contributed by atoms with Gasteiger partial charge in [0.1, 0.15) is 5.92 Å². The average molecular weight is 277 g/mol. The van der Waals surface area contributed by atoms with Gasteiger partial charge in [-0.15, -0.1) is 0 Å². The topological polar surface area (TPSA) is 40.9 Å². The predicted octanol–water partition coefficient (Wildman–Crippen LogP) is 4.41. The molecule has 0 aliphatic heterocycles. The summed E-state index contributed by atoms with van der Waals surface area (Å²) in [6, 6.07) is 13.7. The van der Waals surface area contributed by atoms with Gasteiger partial charge in [-0.25, -0.2) is 0 Å². The van der Waals surface area contributed by atoms with Crippen molar-refractivity contribution in [3.63, 3.8) is 0 Å². The maximum absolute atomic E-state index is 12.8. The van der Waals surface area contributed by atoms with Crippen molar-refractivity contribution in [2.45, 2.75) is 33.6 Å². The van der Waals surface area contributed by atoms with Gasteiger partial charge in [-0.2, -0.15) is 5.26 Å². The summed E-state index contributed by atoms with van der Waals surface area (Å²) in [5.74, 6) is -0.858. The Hall–Kier alpha value is -2.40. The summed E-state index contributed by atoms with van der Waals surface area (Å²) < 4.78 is 0. The van der Waals surface area contributed by atoms with Crippen molar-refractivity contribution in [1.29, 1.82) is 5.26 Å². The molecule has 1 unspecified atom stereocenters. The fourth-order valence-electron chi connectivity index (χ4n) is 2.85. The number of carbonyl (C=O) groups is 1. The van der Waals surface area contributed by atoms with Gasteiger partial charge in [0.2, 0.25) is 0 Å². The van der Waals surface area contributed by atoms with Gasteiger partial charge in [0.05, 0.1) is 6.07 Å². The van der Waals surface area contributed by atoms with Crippen LogP contribution in [0.1, 0.15) is 44.1 Å². The van der Waals surface area contributed by atoms with Crippen LogP contribution < -0.4 is 0 Å². The van der Waals surface area contributed by atoms with Gasteiger partial charge in [-0.05, 0) is 44.4 Å². The van der Waals surface area contributed by atoms with E-state index < -0.39 is 5.92 Å². The summed E-state index contributed by atoms with van der Waals surface area (Å²) in [5, 5.41) is 9.47. The zero-order valence-electron chi connectivity index (χ0n) is 12.9. The van der Waals surface area contributed by atoms with Crippen LogP contribution in [0, 0.1) is 39.0 Å². The first-order chi connectivity index (χ1) is 9.93. The summed E-state index contributed by atoms with van der Waals surface area (Å²) >= 11 is 0. The normalized spacial score (nSPS) is 11.8. The van der Waals surface area contributed by atoms with Gasteiger partial charge in [0.15, 0.2) is 5.78 Å². The molecule has 2 nitrogen and oxygen atoms in total. The van der Waals surface area contributed by atoms with Crippen LogP contribution in [0.4, 0.5) is 0 Å². The minimum absolute atomic E-state index is 0.113. The zero-order valence-corrected chi connectivity index (χ0v) is 12.9. The second-order valence-corrected chi connectivity index (χ2v) is 5.61. The monoisotopic (exact) mass is 277 g/mol. The lowest BCUT2D eigenvalue weighted by molar-refractivity contribution is 0.0977. The van der Waals surface area contributed by atoms with E-state index in [0.29, 0.717) is 5.56 Å². The minimum Gasteiger partial charge on any atom is -0.292 e. The van der Waals surface area contributed by atoms with E-state index in [1.165, 1.54) is 0 Å². The number of nitrogens with zero attached hydrogens (tertiary/aromatic N) is 1. The van der Waals surface area contributed by atoms with E-state index >= 15 is 0 Å². The molecule has 0 saturated heterocycles. The number of carbonyl (C=O) groups excluding carboxylic acids is 1. The lowest BCUT2D eigenvalue weighted by Gasteiger charge is -2.14. The Bertz CT molecular complexity index is 714. The predicted molar refractivity (Wildman–Crippen MR) is 84.5 cm³/mol. The summed E-state index contributed by atoms with van der Waals surface area (Å²) in [4.78, 5) is 12.8. The van der Waals surface area contributed by atoms with E-state index in [1.54, 1.807) is 0 Å². The van der Waals surface area contributed by atoms with E-state index in [9.17, 15) is 10.1 Å². The molecule has 2 aromatic rings. The van der Waals surface area contributed by atoms with Gasteiger partial charge in [0.25, 0.3) is 0 Å². The molecular formula is C19H19NO. The lowest BCUT2D eigenvalue weighted by atomic mass is 9.86. The van der Waals surface area contributed by atoms with Crippen molar-refractivity contribution in [3.8, 4) is 6.07 Å². The van der Waals surface area contributed by atoms with Crippen molar-refractivity contribution >= 4 is 5.78 Å². The Morgan fingerprint density at radius 1 is 1.00 bits per heavy atom. The van der Waals surface area contributed by atoms with Crippen LogP contribution in [0.15, 0.2) is 36.4 Å². The van der Waals surface area contributed by atoms with Crippen LogP contribution >= 0.6 is 0 Å². The average Bonchev–Trinajstić information content (AvgIpc) is 2.38. The van der Waals surface area contributed by atoms with Crippen molar-refractivity contribution in [1.82, 2.24) is 0 Å². The van der Waals surface area contributed by atoms with Crippen molar-refractivity contribution in [2.24, 2.45) is 0 Å². The molecule has 0 aliphatic rings. The fraction of sp³-hybridized carbons (Fsp3) is 0.263. The molecule has 0 heterocycles. The third-order valence-corrected chi connectivity index (χ3v) is 3.69. The van der Waals surface area contributed by atoms with Crippen molar-refractivity contribution in [3.05, 3.63) is 69.8 Å². The quantitative estimate of drug-likeness (QED) is 0.780. The van der Waals surface area contributed by atoms with Crippen LogP contribution in [0.25, 0.3) is 0 Å². The summed E-state index contributed by atoms with van der Waals surface area (Å²) in [7, 11) is 0. The van der Waals surface area contributed by atoms with Gasteiger partial charge >= 0.3 is 0 Å². The summed E-state index contributed by atoms with van der Waals surface area (Å²) in [6.45, 7) is 7.83. The SMILES string of the molecule is Cc1cccc(C(C#N)C(=O)c2c(C)cc(C)cc2C)c1. The smallest absolute Gasteiger partial charge is 0.184 e. The molecule has 0 N–H and O–H groups in total. The molecule has 0 spiro atoms. The number of ketones is 1. The lowest BCUT2D eigenvalue weighted by Crippen LogP contribution is -2.14. The fourth-order valence-corrected chi connectivity index (χ4v) is 2.85. The minimum atomic E-state index is -0.745. The van der Waals surface area contributed by atoms with Crippen LogP contribution in [-0.4, -0.2) is 5.78 Å². The van der Waals surface area contributed by atoms with Gasteiger partial charge in [0, 0.05) is 5.56 Å². The number of hydrogen-bond acceptors (Lipinski definition) is 2. The van der Waals surface area contributed by atoms with Crippen LogP contribution in [0.2, 0.25) is 0 Å². The van der Waals surface area contributed by atoms with E-state index in [2.05, 4.69) is 6.07 Å². The molecule has 0 radical (unpaired) electrons. The Morgan fingerprint density at radius 2 is 1.62 bits per heavy atom. The highest BCUT2D eigenvalue weighted by molar-refractivity contribution is 6.05. The molecule has 0 aromatic heterocycles. The van der Waals surface area contributed by atoms with Crippen molar-refractivity contribution in [2.75, 3.05) is 0 Å². The molecule has 0 aliphatic carbocycles. The highest BCUT2D eigenvalue weighted by Gasteiger charge is 2.24. The Balaban J connectivity index is 2.50. The number of nitriles is 1. The molecule has 21 heavy (non-hydrogen) atoms. The number of Topliss-reactive ketones (excluding diaryl/α,β-unsaturated/α-hetero) is 1. The van der Waals surface area contributed by atoms with E-state index in [0.717, 1.165) is 27.8 Å². The zero-order chi connectivity index (χ0) is 15.6. The first kappa shape index (κ1) is 15.0. The van der Waals surface area contributed by atoms with E-state index in [-0.39, 0.29) is 5.78 Å². The summed E-state index contributed by atoms with van der Waals surface area (Å²) in [6.07, 6.45) is 0. The van der Waals surface area contributed by atoms with Crippen LogP contribution in [0.5, 0.6) is 0 Å². The standard InChI is InChI=1S/C19H19NO/c1-12-6-5-7-16(10-12)17(11-20)19(21)18-14(3)8-13(2)9-15(18)4/h5-10,17H,1-4H3. The Labute approximate surface area is 126 Å². The third-order valence-electron chi connectivity index (χ3n) is 3.69. The maximum Gasteiger partial charge on any atom is 0.184 e. The third kappa shape index (κ3) is 3.03. The number of aryl methyl sites for hydroxylation is 4. The van der Waals surface area contributed by atoms with Gasteiger partial charge in [-0.3, -0.25) is 4.79 Å². The molecule has 2 aromatic carbocycles. The Morgan fingerprint density at radius 3 is 2.14 bits per heavy atom. The molecule has 0 amide bonds. The van der Waals surface area contributed by atoms with Crippen LogP contribution in [0.3, 0.4) is 0 Å². The number of rotatable bonds is 3. The number of benzene rings is 2. The van der Waals surface area contributed by atoms with Crippen molar-refractivity contribution < 1.29 is 4.79 Å². The first-order valence-electron chi connectivity index (χ1n) is 7.02. The second-order valence-electron chi connectivity index (χ2n) is 5.61. The first-order valence-corrected chi connectivity index (χ1v) is 7.02. The molecule has 2 rings (SSSR count). The maximum atomic E-state index is 12.8. The van der Waals surface area contributed by atoms with E-state index in [4.69, 9.17) is 0 Å². The molecule has 2 heteroatoms. The van der Waals surface area contributed by atoms with Crippen LogP contribution in [-0.2, 0) is 0 Å². The molecule has 1 atom stereocenters. The molecule has 106 valence electrons.